The Morgan fingerprint density at radius 1 is 1.05 bits per heavy atom. The van der Waals surface area contributed by atoms with Crippen molar-refractivity contribution in [2.75, 3.05) is 0 Å². The summed E-state index contributed by atoms with van der Waals surface area (Å²) in [6, 6.07) is 14.4. The molecule has 0 aliphatic carbocycles. The molecule has 1 N–H and O–H groups in total. The highest BCUT2D eigenvalue weighted by Gasteiger charge is 2.16. The Morgan fingerprint density at radius 2 is 1.80 bits per heavy atom. The summed E-state index contributed by atoms with van der Waals surface area (Å²) in [6.45, 7) is 2.09. The minimum absolute atomic E-state index is 0.253. The summed E-state index contributed by atoms with van der Waals surface area (Å²) < 4.78 is 13.8. The summed E-state index contributed by atoms with van der Waals surface area (Å²) in [5.41, 5.74) is 0.756. The molecule has 1 aromatic heterocycles. The standard InChI is InChI=1S/C17H15FOS/c1-2-11-7-10-16(20-11)17(19)14-8-9-15(18)13-6-4-3-5-12(13)14/h3-10,17,19H,2H2,1H3. The molecule has 0 saturated carbocycles. The smallest absolute Gasteiger partial charge is 0.131 e. The summed E-state index contributed by atoms with van der Waals surface area (Å²) >= 11 is 1.60. The van der Waals surface area contributed by atoms with Crippen LogP contribution in [0, 0.1) is 5.82 Å². The molecule has 3 aromatic rings. The van der Waals surface area contributed by atoms with E-state index in [2.05, 4.69) is 6.92 Å². The second-order valence-corrected chi connectivity index (χ2v) is 5.94. The second-order valence-electron chi connectivity index (χ2n) is 4.74. The first-order chi connectivity index (χ1) is 9.70. The SMILES string of the molecule is CCc1ccc(C(O)c2ccc(F)c3ccccc23)s1. The first-order valence-corrected chi connectivity index (χ1v) is 7.46. The first kappa shape index (κ1) is 13.3. The molecule has 0 aliphatic rings. The van der Waals surface area contributed by atoms with Crippen LogP contribution in [0.15, 0.2) is 48.5 Å². The van der Waals surface area contributed by atoms with Crippen molar-refractivity contribution in [2.45, 2.75) is 19.4 Å². The molecule has 3 rings (SSSR count). The lowest BCUT2D eigenvalue weighted by atomic mass is 9.99. The van der Waals surface area contributed by atoms with Crippen LogP contribution < -0.4 is 0 Å². The van der Waals surface area contributed by atoms with Crippen LogP contribution in [0.3, 0.4) is 0 Å². The summed E-state index contributed by atoms with van der Waals surface area (Å²) in [5, 5.41) is 11.9. The van der Waals surface area contributed by atoms with Gasteiger partial charge in [-0.25, -0.2) is 4.39 Å². The molecule has 1 heterocycles. The Balaban J connectivity index is 2.12. The molecule has 0 amide bonds. The maximum Gasteiger partial charge on any atom is 0.131 e. The van der Waals surface area contributed by atoms with Gasteiger partial charge in [-0.2, -0.15) is 0 Å². The van der Waals surface area contributed by atoms with Gasteiger partial charge in [0.1, 0.15) is 11.9 Å². The van der Waals surface area contributed by atoms with Gasteiger partial charge >= 0.3 is 0 Å². The maximum absolute atomic E-state index is 13.8. The highest BCUT2D eigenvalue weighted by molar-refractivity contribution is 7.12. The van der Waals surface area contributed by atoms with E-state index in [-0.39, 0.29) is 5.82 Å². The third kappa shape index (κ3) is 2.23. The molecule has 1 nitrogen and oxygen atoms in total. The largest absolute Gasteiger partial charge is 0.383 e. The second kappa shape index (κ2) is 5.35. The molecule has 2 aromatic carbocycles. The fraction of sp³-hybridized carbons (Fsp3) is 0.176. The van der Waals surface area contributed by atoms with Gasteiger partial charge in [0.25, 0.3) is 0 Å². The summed E-state index contributed by atoms with van der Waals surface area (Å²) in [5.74, 6) is -0.253. The number of fused-ring (bicyclic) bond motifs is 1. The Hall–Kier alpha value is -1.71. The molecule has 0 radical (unpaired) electrons. The van der Waals surface area contributed by atoms with Crippen LogP contribution in [0.1, 0.15) is 28.3 Å². The molecule has 0 aliphatic heterocycles. The lowest BCUT2D eigenvalue weighted by Gasteiger charge is -2.13. The van der Waals surface area contributed by atoms with Crippen LogP contribution in [0.25, 0.3) is 10.8 Å². The molecule has 0 bridgehead atoms. The number of aryl methyl sites for hydroxylation is 1. The Morgan fingerprint density at radius 3 is 2.50 bits per heavy atom. The van der Waals surface area contributed by atoms with E-state index in [1.807, 2.05) is 30.3 Å². The zero-order chi connectivity index (χ0) is 14.1. The van der Waals surface area contributed by atoms with Gasteiger partial charge in [-0.1, -0.05) is 37.3 Å². The van der Waals surface area contributed by atoms with E-state index in [0.29, 0.717) is 5.39 Å². The van der Waals surface area contributed by atoms with E-state index in [4.69, 9.17) is 0 Å². The van der Waals surface area contributed by atoms with Crippen molar-refractivity contribution >= 4 is 22.1 Å². The normalized spacial score (nSPS) is 12.8. The highest BCUT2D eigenvalue weighted by atomic mass is 32.1. The van der Waals surface area contributed by atoms with Crippen molar-refractivity contribution < 1.29 is 9.50 Å². The zero-order valence-electron chi connectivity index (χ0n) is 11.1. The number of hydrogen-bond acceptors (Lipinski definition) is 2. The summed E-state index contributed by atoms with van der Waals surface area (Å²) in [4.78, 5) is 2.14. The molecule has 1 atom stereocenters. The first-order valence-electron chi connectivity index (χ1n) is 6.64. The van der Waals surface area contributed by atoms with E-state index in [0.717, 1.165) is 22.2 Å². The van der Waals surface area contributed by atoms with Gasteiger partial charge in [-0.3, -0.25) is 0 Å². The van der Waals surface area contributed by atoms with Crippen molar-refractivity contribution in [3.05, 3.63) is 69.7 Å². The maximum atomic E-state index is 13.8. The lowest BCUT2D eigenvalue weighted by Crippen LogP contribution is -1.99. The monoisotopic (exact) mass is 286 g/mol. The van der Waals surface area contributed by atoms with E-state index in [1.165, 1.54) is 10.9 Å². The topological polar surface area (TPSA) is 20.2 Å². The number of rotatable bonds is 3. The molecule has 1 unspecified atom stereocenters. The van der Waals surface area contributed by atoms with Crippen molar-refractivity contribution in [3.63, 3.8) is 0 Å². The van der Waals surface area contributed by atoms with Crippen molar-refractivity contribution in [1.82, 2.24) is 0 Å². The summed E-state index contributed by atoms with van der Waals surface area (Å²) in [7, 11) is 0. The molecule has 0 fully saturated rings. The average Bonchev–Trinajstić information content (AvgIpc) is 2.96. The number of hydrogen-bond donors (Lipinski definition) is 1. The van der Waals surface area contributed by atoms with E-state index >= 15 is 0 Å². The third-order valence-corrected chi connectivity index (χ3v) is 4.78. The van der Waals surface area contributed by atoms with Gasteiger partial charge in [-0.05, 0) is 35.6 Å². The van der Waals surface area contributed by atoms with Gasteiger partial charge in [0.2, 0.25) is 0 Å². The van der Waals surface area contributed by atoms with Crippen LogP contribution in [0.2, 0.25) is 0 Å². The number of aliphatic hydroxyl groups is 1. The quantitative estimate of drug-likeness (QED) is 0.741. The molecule has 0 saturated heterocycles. The minimum atomic E-state index is -0.703. The number of halogens is 1. The van der Waals surface area contributed by atoms with Crippen LogP contribution in [-0.4, -0.2) is 5.11 Å². The third-order valence-electron chi connectivity index (χ3n) is 3.50. The molecule has 102 valence electrons. The van der Waals surface area contributed by atoms with Crippen LogP contribution in [-0.2, 0) is 6.42 Å². The minimum Gasteiger partial charge on any atom is -0.383 e. The average molecular weight is 286 g/mol. The van der Waals surface area contributed by atoms with Gasteiger partial charge in [0, 0.05) is 15.1 Å². The Labute approximate surface area is 121 Å². The number of benzene rings is 2. The lowest BCUT2D eigenvalue weighted by molar-refractivity contribution is 0.225. The van der Waals surface area contributed by atoms with Gasteiger partial charge in [0.15, 0.2) is 0 Å². The van der Waals surface area contributed by atoms with Crippen molar-refractivity contribution in [2.24, 2.45) is 0 Å². The van der Waals surface area contributed by atoms with E-state index in [9.17, 15) is 9.50 Å². The fourth-order valence-corrected chi connectivity index (χ4v) is 3.37. The van der Waals surface area contributed by atoms with Gasteiger partial charge in [-0.15, -0.1) is 11.3 Å². The number of aliphatic hydroxyl groups excluding tert-OH is 1. The van der Waals surface area contributed by atoms with Gasteiger partial charge < -0.3 is 5.11 Å². The predicted octanol–water partition coefficient (Wildman–Crippen LogP) is 4.68. The van der Waals surface area contributed by atoms with E-state index < -0.39 is 6.10 Å². The Kier molecular flexibility index (Phi) is 3.55. The van der Waals surface area contributed by atoms with Crippen molar-refractivity contribution in [1.29, 1.82) is 0 Å². The molecule has 3 heteroatoms. The molecule has 0 spiro atoms. The van der Waals surface area contributed by atoms with E-state index in [1.54, 1.807) is 23.5 Å². The molecular formula is C17H15FOS. The molecule has 20 heavy (non-hydrogen) atoms. The van der Waals surface area contributed by atoms with Crippen molar-refractivity contribution in [3.8, 4) is 0 Å². The Bertz CT molecular complexity index is 748. The van der Waals surface area contributed by atoms with Crippen LogP contribution >= 0.6 is 11.3 Å². The van der Waals surface area contributed by atoms with Crippen LogP contribution in [0.4, 0.5) is 4.39 Å². The molecular weight excluding hydrogens is 271 g/mol. The fourth-order valence-electron chi connectivity index (χ4n) is 2.41. The van der Waals surface area contributed by atoms with Gasteiger partial charge in [0.05, 0.1) is 0 Å². The summed E-state index contributed by atoms with van der Waals surface area (Å²) in [6.07, 6.45) is 0.257. The van der Waals surface area contributed by atoms with Crippen LogP contribution in [0.5, 0.6) is 0 Å². The predicted molar refractivity (Wildman–Crippen MR) is 81.7 cm³/mol. The highest BCUT2D eigenvalue weighted by Crippen LogP contribution is 2.33. The zero-order valence-corrected chi connectivity index (χ0v) is 12.0. The number of thiophene rings is 1.